The van der Waals surface area contributed by atoms with Gasteiger partial charge in [-0.2, -0.15) is 0 Å². The molecular weight excluding hydrogens is 306 g/mol. The lowest BCUT2D eigenvalue weighted by Gasteiger charge is -2.27. The Morgan fingerprint density at radius 2 is 2.05 bits per heavy atom. The maximum atomic E-state index is 12.8. The minimum atomic E-state index is -3.04. The third-order valence-corrected chi connectivity index (χ3v) is 5.64. The summed E-state index contributed by atoms with van der Waals surface area (Å²) in [4.78, 5) is 14.4. The Morgan fingerprint density at radius 1 is 1.32 bits per heavy atom. The highest BCUT2D eigenvalue weighted by atomic mass is 32.2. The quantitative estimate of drug-likeness (QED) is 0.816. The number of hydrogen-bond donors (Lipinski definition) is 0. The van der Waals surface area contributed by atoms with Gasteiger partial charge in [0.15, 0.2) is 9.84 Å². The van der Waals surface area contributed by atoms with Crippen molar-refractivity contribution in [2.24, 2.45) is 0 Å². The van der Waals surface area contributed by atoms with Crippen molar-refractivity contribution in [2.75, 3.05) is 32.3 Å². The fraction of sp³-hybridized carbons (Fsp3) is 0.533. The zero-order valence-electron chi connectivity index (χ0n) is 13.0. The minimum absolute atomic E-state index is 0.0267. The molecule has 22 heavy (non-hydrogen) atoms. The van der Waals surface area contributed by atoms with Gasteiger partial charge in [0.2, 0.25) is 0 Å². The number of nitrogens with zero attached hydrogens (tertiary/aromatic N) is 1. The van der Waals surface area contributed by atoms with E-state index in [0.29, 0.717) is 30.0 Å². The molecule has 1 atom stereocenters. The molecule has 1 heterocycles. The van der Waals surface area contributed by atoms with Gasteiger partial charge in [-0.3, -0.25) is 4.79 Å². The first-order valence-corrected chi connectivity index (χ1v) is 8.97. The predicted molar refractivity (Wildman–Crippen MR) is 83.3 cm³/mol. The van der Waals surface area contributed by atoms with Crippen molar-refractivity contribution in [3.8, 4) is 11.5 Å². The Balaban J connectivity index is 2.32. The lowest BCUT2D eigenvalue weighted by atomic mass is 10.1. The van der Waals surface area contributed by atoms with E-state index >= 15 is 0 Å². The molecule has 0 radical (unpaired) electrons. The van der Waals surface area contributed by atoms with Crippen molar-refractivity contribution in [3.63, 3.8) is 0 Å². The van der Waals surface area contributed by atoms with Gasteiger partial charge in [-0.1, -0.05) is 0 Å². The van der Waals surface area contributed by atoms with E-state index in [9.17, 15) is 13.2 Å². The van der Waals surface area contributed by atoms with Gasteiger partial charge in [0.05, 0.1) is 31.3 Å². The van der Waals surface area contributed by atoms with Crippen LogP contribution >= 0.6 is 0 Å². The van der Waals surface area contributed by atoms with E-state index in [-0.39, 0.29) is 23.5 Å². The number of sulfone groups is 1. The Labute approximate surface area is 130 Å². The summed E-state index contributed by atoms with van der Waals surface area (Å²) in [5.41, 5.74) is 0.382. The minimum Gasteiger partial charge on any atom is -0.497 e. The normalized spacial score (nSPS) is 19.7. The van der Waals surface area contributed by atoms with Gasteiger partial charge in [-0.15, -0.1) is 0 Å². The summed E-state index contributed by atoms with van der Waals surface area (Å²) in [5.74, 6) is 0.930. The molecule has 6 nitrogen and oxygen atoms in total. The maximum Gasteiger partial charge on any atom is 0.258 e. The SMILES string of the molecule is CCN(C(=O)c1cc(OC)ccc1OC)C1CCS(=O)(=O)C1. The molecule has 0 aromatic heterocycles. The van der Waals surface area contributed by atoms with Crippen LogP contribution in [0, 0.1) is 0 Å². The molecule has 2 rings (SSSR count). The van der Waals surface area contributed by atoms with Gasteiger partial charge in [0.25, 0.3) is 5.91 Å². The van der Waals surface area contributed by atoms with Gasteiger partial charge in [0, 0.05) is 12.6 Å². The van der Waals surface area contributed by atoms with E-state index in [1.165, 1.54) is 14.2 Å². The van der Waals surface area contributed by atoms with E-state index in [1.807, 2.05) is 6.92 Å². The summed E-state index contributed by atoms with van der Waals surface area (Å²) < 4.78 is 33.7. The fourth-order valence-electron chi connectivity index (χ4n) is 2.72. The van der Waals surface area contributed by atoms with Crippen molar-refractivity contribution in [1.29, 1.82) is 0 Å². The third-order valence-electron chi connectivity index (χ3n) is 3.89. The van der Waals surface area contributed by atoms with Crippen molar-refractivity contribution in [3.05, 3.63) is 23.8 Å². The van der Waals surface area contributed by atoms with Gasteiger partial charge < -0.3 is 14.4 Å². The molecular formula is C15H21NO5S. The topological polar surface area (TPSA) is 72.9 Å². The average Bonchev–Trinajstić information content (AvgIpc) is 2.87. The van der Waals surface area contributed by atoms with E-state index in [2.05, 4.69) is 0 Å². The first kappa shape index (κ1) is 16.6. The molecule has 0 spiro atoms. The monoisotopic (exact) mass is 327 g/mol. The second kappa shape index (κ2) is 6.56. The molecule has 1 unspecified atom stereocenters. The molecule has 1 aliphatic heterocycles. The number of hydrogen-bond acceptors (Lipinski definition) is 5. The molecule has 1 aromatic carbocycles. The summed E-state index contributed by atoms with van der Waals surface area (Å²) in [5, 5.41) is 0. The lowest BCUT2D eigenvalue weighted by Crippen LogP contribution is -2.41. The summed E-state index contributed by atoms with van der Waals surface area (Å²) in [6.07, 6.45) is 0.480. The number of amides is 1. The number of ether oxygens (including phenoxy) is 2. The molecule has 1 aromatic rings. The van der Waals surface area contributed by atoms with E-state index in [0.717, 1.165) is 0 Å². The van der Waals surface area contributed by atoms with Crippen LogP contribution in [0.4, 0.5) is 0 Å². The van der Waals surface area contributed by atoms with E-state index in [4.69, 9.17) is 9.47 Å². The van der Waals surface area contributed by atoms with Crippen LogP contribution in [0.5, 0.6) is 11.5 Å². The second-order valence-electron chi connectivity index (χ2n) is 5.21. The third kappa shape index (κ3) is 3.35. The molecule has 1 fully saturated rings. The van der Waals surface area contributed by atoms with Crippen LogP contribution in [0.25, 0.3) is 0 Å². The zero-order valence-corrected chi connectivity index (χ0v) is 13.9. The second-order valence-corrected chi connectivity index (χ2v) is 7.44. The largest absolute Gasteiger partial charge is 0.497 e. The molecule has 0 saturated carbocycles. The molecule has 1 amide bonds. The molecule has 1 aliphatic rings. The standard InChI is InChI=1S/C15H21NO5S/c1-4-16(11-7-8-22(18,19)10-11)15(17)13-9-12(20-2)5-6-14(13)21-3/h5-6,9,11H,4,7-8,10H2,1-3H3. The van der Waals surface area contributed by atoms with Crippen LogP contribution in [-0.2, 0) is 9.84 Å². The number of benzene rings is 1. The highest BCUT2D eigenvalue weighted by Crippen LogP contribution is 2.27. The Kier molecular flexibility index (Phi) is 4.95. The van der Waals surface area contributed by atoms with Crippen molar-refractivity contribution < 1.29 is 22.7 Å². The summed E-state index contributed by atoms with van der Waals surface area (Å²) in [6, 6.07) is 4.73. The van der Waals surface area contributed by atoms with Crippen molar-refractivity contribution >= 4 is 15.7 Å². The summed E-state index contributed by atoms with van der Waals surface area (Å²) in [6.45, 7) is 2.29. The lowest BCUT2D eigenvalue weighted by molar-refractivity contribution is 0.0704. The van der Waals surface area contributed by atoms with Gasteiger partial charge in [0.1, 0.15) is 11.5 Å². The predicted octanol–water partition coefficient (Wildman–Crippen LogP) is 1.35. The van der Waals surface area contributed by atoms with Crippen molar-refractivity contribution in [1.82, 2.24) is 4.90 Å². The number of methoxy groups -OCH3 is 2. The van der Waals surface area contributed by atoms with Crippen LogP contribution in [0.15, 0.2) is 18.2 Å². The molecule has 0 aliphatic carbocycles. The van der Waals surface area contributed by atoms with Gasteiger partial charge in [-0.05, 0) is 31.5 Å². The number of carbonyl (C=O) groups is 1. The molecule has 7 heteroatoms. The summed E-state index contributed by atoms with van der Waals surface area (Å²) >= 11 is 0. The maximum absolute atomic E-state index is 12.8. The Bertz CT molecular complexity index is 656. The highest BCUT2D eigenvalue weighted by Gasteiger charge is 2.35. The fourth-order valence-corrected chi connectivity index (χ4v) is 4.46. The van der Waals surface area contributed by atoms with Gasteiger partial charge in [-0.25, -0.2) is 8.42 Å². The van der Waals surface area contributed by atoms with Crippen LogP contribution in [0.2, 0.25) is 0 Å². The Morgan fingerprint density at radius 3 is 2.55 bits per heavy atom. The van der Waals surface area contributed by atoms with Crippen molar-refractivity contribution in [2.45, 2.75) is 19.4 Å². The molecule has 0 N–H and O–H groups in total. The van der Waals surface area contributed by atoms with E-state index < -0.39 is 9.84 Å². The number of carbonyl (C=O) groups excluding carboxylic acids is 1. The first-order chi connectivity index (χ1) is 10.4. The van der Waals surface area contributed by atoms with Crippen LogP contribution in [0.1, 0.15) is 23.7 Å². The average molecular weight is 327 g/mol. The van der Waals surface area contributed by atoms with Crippen LogP contribution in [0.3, 0.4) is 0 Å². The van der Waals surface area contributed by atoms with Crippen LogP contribution in [-0.4, -0.2) is 57.5 Å². The molecule has 122 valence electrons. The molecule has 1 saturated heterocycles. The summed E-state index contributed by atoms with van der Waals surface area (Å²) in [7, 11) is -0.0247. The van der Waals surface area contributed by atoms with Crippen LogP contribution < -0.4 is 9.47 Å². The smallest absolute Gasteiger partial charge is 0.258 e. The number of rotatable bonds is 5. The zero-order chi connectivity index (χ0) is 16.3. The molecule has 0 bridgehead atoms. The highest BCUT2D eigenvalue weighted by molar-refractivity contribution is 7.91. The van der Waals surface area contributed by atoms with Gasteiger partial charge >= 0.3 is 0 Å². The Hall–Kier alpha value is -1.76. The van der Waals surface area contributed by atoms with E-state index in [1.54, 1.807) is 23.1 Å². The first-order valence-electron chi connectivity index (χ1n) is 7.15.